The molecule has 2 aliphatic rings. The molecule has 0 saturated carbocycles. The molecule has 11 heteroatoms. The first kappa shape index (κ1) is 31.1. The third-order valence-electron chi connectivity index (χ3n) is 7.31. The summed E-state index contributed by atoms with van der Waals surface area (Å²) in [5.41, 5.74) is 4.89. The molecule has 10 nitrogen and oxygen atoms in total. The van der Waals surface area contributed by atoms with E-state index in [-0.39, 0.29) is 36.7 Å². The van der Waals surface area contributed by atoms with E-state index < -0.39 is 0 Å². The minimum absolute atomic E-state index is 0.0341. The van der Waals surface area contributed by atoms with Gasteiger partial charge in [0.2, 0.25) is 0 Å². The number of imide groups is 2. The van der Waals surface area contributed by atoms with E-state index in [0.29, 0.717) is 22.3 Å². The van der Waals surface area contributed by atoms with Crippen molar-refractivity contribution in [1.29, 1.82) is 0 Å². The van der Waals surface area contributed by atoms with Crippen LogP contribution in [0.25, 0.3) is 10.9 Å². The van der Waals surface area contributed by atoms with Crippen LogP contribution in [-0.2, 0) is 13.6 Å². The van der Waals surface area contributed by atoms with E-state index >= 15 is 0 Å². The molecule has 45 heavy (non-hydrogen) atoms. The summed E-state index contributed by atoms with van der Waals surface area (Å²) in [6.45, 7) is 0.296. The number of nitrogens with zero attached hydrogens (tertiary/aromatic N) is 5. The van der Waals surface area contributed by atoms with Gasteiger partial charge >= 0.3 is 0 Å². The van der Waals surface area contributed by atoms with E-state index in [1.54, 1.807) is 67.1 Å². The maximum Gasteiger partial charge on any atom is 0.262 e. The summed E-state index contributed by atoms with van der Waals surface area (Å²) >= 11 is 2.24. The molecule has 0 aliphatic carbocycles. The summed E-state index contributed by atoms with van der Waals surface area (Å²) in [5, 5.41) is 4.04. The Morgan fingerprint density at radius 3 is 1.76 bits per heavy atom. The van der Waals surface area contributed by atoms with E-state index in [2.05, 4.69) is 43.8 Å². The molecule has 0 fully saturated rings. The zero-order valence-corrected chi connectivity index (χ0v) is 26.6. The Balaban J connectivity index is 0.000000149. The topological polar surface area (TPSA) is 117 Å². The number of hydrogen-bond donors (Lipinski definition) is 1. The number of nitrogens with one attached hydrogen (secondary N) is 1. The molecule has 0 bridgehead atoms. The van der Waals surface area contributed by atoms with Crippen molar-refractivity contribution in [3.8, 4) is 12.3 Å². The van der Waals surface area contributed by atoms with E-state index in [0.717, 1.165) is 30.8 Å². The van der Waals surface area contributed by atoms with Crippen molar-refractivity contribution in [2.24, 2.45) is 7.05 Å². The zero-order chi connectivity index (χ0) is 32.1. The Morgan fingerprint density at radius 2 is 1.29 bits per heavy atom. The first-order valence-electron chi connectivity index (χ1n) is 13.8. The molecule has 0 atom stereocenters. The summed E-state index contributed by atoms with van der Waals surface area (Å²) in [7, 11) is 3.83. The van der Waals surface area contributed by atoms with Gasteiger partial charge in [0.1, 0.15) is 0 Å². The van der Waals surface area contributed by atoms with Gasteiger partial charge in [-0.05, 0) is 65.1 Å². The third kappa shape index (κ3) is 6.18. The van der Waals surface area contributed by atoms with Crippen LogP contribution in [-0.4, -0.2) is 61.6 Å². The van der Waals surface area contributed by atoms with Gasteiger partial charge in [-0.15, -0.1) is 6.42 Å². The number of hydrogen-bond acceptors (Lipinski definition) is 7. The lowest BCUT2D eigenvalue weighted by Gasteiger charge is -2.14. The molecule has 0 radical (unpaired) electrons. The largest absolute Gasteiger partial charge is 0.387 e. The Morgan fingerprint density at radius 1 is 0.778 bits per heavy atom. The Hall–Kier alpha value is -5.35. The lowest BCUT2D eigenvalue weighted by molar-refractivity contribution is 0.0633. The molecule has 3 aromatic heterocycles. The van der Waals surface area contributed by atoms with Crippen LogP contribution >= 0.6 is 22.6 Å². The van der Waals surface area contributed by atoms with E-state index in [1.807, 2.05) is 43.1 Å². The number of anilines is 1. The SMILES string of the molecule is C#CCN1C(=O)c2ccccc2C1=O.CNc1ccncc1I.Cn1c(CN2C(=O)c3ccccc3C2=O)cc2cnccc21. The molecular weight excluding hydrogens is 683 g/mol. The Kier molecular flexibility index (Phi) is 9.34. The number of pyridine rings is 2. The van der Waals surface area contributed by atoms with Gasteiger partial charge in [-0.1, -0.05) is 30.2 Å². The van der Waals surface area contributed by atoms with Crippen LogP contribution < -0.4 is 5.32 Å². The molecular formula is C34H27IN6O4. The van der Waals surface area contributed by atoms with Crippen LogP contribution in [0.2, 0.25) is 0 Å². The maximum atomic E-state index is 12.4. The van der Waals surface area contributed by atoms with Crippen molar-refractivity contribution < 1.29 is 19.2 Å². The van der Waals surface area contributed by atoms with Crippen LogP contribution in [0.15, 0.2) is 91.5 Å². The van der Waals surface area contributed by atoms with Crippen LogP contribution in [0.3, 0.4) is 0 Å². The number of carbonyl (C=O) groups is 4. The summed E-state index contributed by atoms with van der Waals surface area (Å²) in [5.74, 6) is 1.22. The van der Waals surface area contributed by atoms with Gasteiger partial charge in [0, 0.05) is 50.0 Å². The molecule has 4 amide bonds. The van der Waals surface area contributed by atoms with Crippen molar-refractivity contribution in [2.75, 3.05) is 18.9 Å². The average molecular weight is 711 g/mol. The number of halogens is 1. The van der Waals surface area contributed by atoms with Gasteiger partial charge in [-0.25, -0.2) is 0 Å². The first-order chi connectivity index (χ1) is 21.8. The molecule has 5 heterocycles. The van der Waals surface area contributed by atoms with Crippen molar-refractivity contribution in [3.05, 3.63) is 123 Å². The molecule has 0 saturated heterocycles. The fraction of sp³-hybridized carbons (Fsp3) is 0.118. The van der Waals surface area contributed by atoms with E-state index in [4.69, 9.17) is 6.42 Å². The summed E-state index contributed by atoms with van der Waals surface area (Å²) in [6.07, 6.45) is 12.2. The first-order valence-corrected chi connectivity index (χ1v) is 14.8. The zero-order valence-electron chi connectivity index (χ0n) is 24.4. The predicted octanol–water partition coefficient (Wildman–Crippen LogP) is 5.01. The number of terminal acetylenes is 1. The van der Waals surface area contributed by atoms with E-state index in [9.17, 15) is 19.2 Å². The minimum Gasteiger partial charge on any atom is -0.387 e. The summed E-state index contributed by atoms with van der Waals surface area (Å²) in [6, 6.07) is 19.5. The molecule has 2 aromatic carbocycles. The second-order valence-electron chi connectivity index (χ2n) is 9.92. The Bertz CT molecular complexity index is 1930. The molecule has 0 spiro atoms. The lowest BCUT2D eigenvalue weighted by atomic mass is 10.1. The summed E-state index contributed by atoms with van der Waals surface area (Å²) in [4.78, 5) is 58.5. The smallest absolute Gasteiger partial charge is 0.262 e. The fourth-order valence-electron chi connectivity index (χ4n) is 5.00. The summed E-state index contributed by atoms with van der Waals surface area (Å²) < 4.78 is 3.14. The highest BCUT2D eigenvalue weighted by Crippen LogP contribution is 2.26. The highest BCUT2D eigenvalue weighted by molar-refractivity contribution is 14.1. The fourth-order valence-corrected chi connectivity index (χ4v) is 5.61. The Labute approximate surface area is 273 Å². The van der Waals surface area contributed by atoms with Gasteiger partial charge in [0.15, 0.2) is 0 Å². The average Bonchev–Trinajstić information content (AvgIpc) is 3.61. The third-order valence-corrected chi connectivity index (χ3v) is 8.17. The number of benzene rings is 2. The molecule has 2 aliphatic heterocycles. The maximum absolute atomic E-state index is 12.4. The van der Waals surface area contributed by atoms with Crippen molar-refractivity contribution in [3.63, 3.8) is 0 Å². The van der Waals surface area contributed by atoms with Gasteiger partial charge in [-0.2, -0.15) is 0 Å². The van der Waals surface area contributed by atoms with Gasteiger partial charge in [-0.3, -0.25) is 38.9 Å². The van der Waals surface area contributed by atoms with Gasteiger partial charge < -0.3 is 9.88 Å². The molecule has 7 rings (SSSR count). The van der Waals surface area contributed by atoms with Crippen LogP contribution in [0, 0.1) is 15.9 Å². The van der Waals surface area contributed by atoms with Crippen molar-refractivity contribution >= 4 is 62.8 Å². The number of aryl methyl sites for hydroxylation is 1. The normalized spacial score (nSPS) is 13.0. The number of fused-ring (bicyclic) bond motifs is 3. The molecule has 1 N–H and O–H groups in total. The quantitative estimate of drug-likeness (QED) is 0.158. The van der Waals surface area contributed by atoms with E-state index in [1.165, 1.54) is 4.90 Å². The molecule has 224 valence electrons. The van der Waals surface area contributed by atoms with Crippen molar-refractivity contribution in [1.82, 2.24) is 24.3 Å². The monoisotopic (exact) mass is 710 g/mol. The van der Waals surface area contributed by atoms with Crippen LogP contribution in [0.5, 0.6) is 0 Å². The highest BCUT2D eigenvalue weighted by atomic mass is 127. The number of amides is 4. The van der Waals surface area contributed by atoms with Gasteiger partial charge in [0.05, 0.1) is 50.1 Å². The number of rotatable bonds is 4. The number of aromatic nitrogens is 3. The van der Waals surface area contributed by atoms with Crippen LogP contribution in [0.1, 0.15) is 47.1 Å². The predicted molar refractivity (Wildman–Crippen MR) is 179 cm³/mol. The lowest BCUT2D eigenvalue weighted by Crippen LogP contribution is -2.29. The van der Waals surface area contributed by atoms with Gasteiger partial charge in [0.25, 0.3) is 23.6 Å². The second kappa shape index (κ2) is 13.5. The standard InChI is InChI=1S/C17H13N3O2.C11H7NO2.C6H7IN2/c1-19-12(8-11-9-18-7-6-15(11)19)10-20-16(21)13-4-2-3-5-14(13)17(20)22;1-2-7-12-10(13)8-5-3-4-6-9(8)11(12)14;1-8-6-2-3-9-4-5(6)7/h2-9H,10H2,1H3;1,3-6H,7H2;2-4H,1H3,(H,8,9). The van der Waals surface area contributed by atoms with Crippen molar-refractivity contribution in [2.45, 2.75) is 6.54 Å². The number of carbonyl (C=O) groups excluding carboxylic acids is 4. The highest BCUT2D eigenvalue weighted by Gasteiger charge is 2.36. The minimum atomic E-state index is -0.302. The van der Waals surface area contributed by atoms with Crippen LogP contribution in [0.4, 0.5) is 5.69 Å². The molecule has 0 unspecified atom stereocenters. The molecule has 5 aromatic rings. The second-order valence-corrected chi connectivity index (χ2v) is 11.1.